The maximum atomic E-state index is 13.3. The second-order valence-electron chi connectivity index (χ2n) is 7.68. The number of benzene rings is 3. The minimum Gasteiger partial charge on any atom is -0.494 e. The van der Waals surface area contributed by atoms with Gasteiger partial charge >= 0.3 is 0 Å². The molecule has 0 aromatic heterocycles. The summed E-state index contributed by atoms with van der Waals surface area (Å²) >= 11 is 0. The van der Waals surface area contributed by atoms with Crippen molar-refractivity contribution in [1.29, 1.82) is 0 Å². The largest absolute Gasteiger partial charge is 0.494 e. The van der Waals surface area contributed by atoms with Crippen LogP contribution < -0.4 is 10.2 Å². The Kier molecular flexibility index (Phi) is 8.95. The fraction of sp³-hybridized carbons (Fsp3) is 0.231. The summed E-state index contributed by atoms with van der Waals surface area (Å²) in [6.45, 7) is 4.20. The Hall–Kier alpha value is -3.49. The fourth-order valence-electron chi connectivity index (χ4n) is 3.23. The van der Waals surface area contributed by atoms with Gasteiger partial charge in [-0.25, -0.2) is 13.8 Å². The third-order valence-corrected chi connectivity index (χ3v) is 6.92. The lowest BCUT2D eigenvalue weighted by molar-refractivity contribution is -0.121. The first kappa shape index (κ1) is 25.1. The average Bonchev–Trinajstić information content (AvgIpc) is 2.84. The Balaban J connectivity index is 1.69. The highest BCUT2D eigenvalue weighted by Gasteiger charge is 2.26. The van der Waals surface area contributed by atoms with Crippen molar-refractivity contribution in [1.82, 2.24) is 9.73 Å². The number of sulfonamides is 1. The smallest absolute Gasteiger partial charge is 0.255 e. The summed E-state index contributed by atoms with van der Waals surface area (Å²) in [4.78, 5) is 12.7. The molecule has 0 aliphatic heterocycles. The summed E-state index contributed by atoms with van der Waals surface area (Å²) in [5, 5.41) is 3.97. The van der Waals surface area contributed by atoms with Crippen molar-refractivity contribution in [2.24, 2.45) is 5.10 Å². The zero-order valence-electron chi connectivity index (χ0n) is 19.3. The van der Waals surface area contributed by atoms with Crippen LogP contribution in [0.15, 0.2) is 88.9 Å². The van der Waals surface area contributed by atoms with Gasteiger partial charge in [-0.3, -0.25) is 4.79 Å². The molecule has 3 aromatic rings. The summed E-state index contributed by atoms with van der Waals surface area (Å²) in [5.41, 5.74) is 5.14. The number of rotatable bonds is 11. The highest BCUT2D eigenvalue weighted by molar-refractivity contribution is 7.89. The number of nitrogens with zero attached hydrogens (tertiary/aromatic N) is 2. The van der Waals surface area contributed by atoms with Crippen LogP contribution in [0, 0.1) is 6.92 Å². The van der Waals surface area contributed by atoms with Crippen LogP contribution in [0.3, 0.4) is 0 Å². The SMILES string of the molecule is CCOc1ccc(/C=N\NC(=O)CN(CCc2ccccc2)S(=O)(=O)c2ccc(C)cc2)cc1. The Bertz CT molecular complexity index is 1190. The molecule has 1 amide bonds. The third kappa shape index (κ3) is 7.26. The minimum atomic E-state index is -3.86. The van der Waals surface area contributed by atoms with Crippen molar-refractivity contribution in [2.45, 2.75) is 25.2 Å². The van der Waals surface area contributed by atoms with Crippen LogP contribution in [0.4, 0.5) is 0 Å². The molecule has 0 bridgehead atoms. The van der Waals surface area contributed by atoms with E-state index in [2.05, 4.69) is 10.5 Å². The van der Waals surface area contributed by atoms with E-state index in [1.54, 1.807) is 24.3 Å². The molecule has 0 spiro atoms. The Morgan fingerprint density at radius 2 is 1.68 bits per heavy atom. The molecule has 0 saturated heterocycles. The summed E-state index contributed by atoms with van der Waals surface area (Å²) in [6, 6.07) is 23.4. The van der Waals surface area contributed by atoms with Gasteiger partial charge in [0.05, 0.1) is 24.3 Å². The predicted octanol–water partition coefficient (Wildman–Crippen LogP) is 3.78. The van der Waals surface area contributed by atoms with Crippen LogP contribution in [-0.2, 0) is 21.2 Å². The molecule has 0 aliphatic carbocycles. The monoisotopic (exact) mass is 479 g/mol. The van der Waals surface area contributed by atoms with Crippen LogP contribution in [-0.4, -0.2) is 44.5 Å². The number of carbonyl (C=O) groups is 1. The molecular weight excluding hydrogens is 450 g/mol. The van der Waals surface area contributed by atoms with E-state index in [1.807, 2.05) is 68.4 Å². The van der Waals surface area contributed by atoms with Crippen molar-refractivity contribution < 1.29 is 17.9 Å². The van der Waals surface area contributed by atoms with E-state index in [1.165, 1.54) is 10.5 Å². The number of ether oxygens (including phenoxy) is 1. The molecule has 0 radical (unpaired) electrons. The van der Waals surface area contributed by atoms with E-state index in [0.29, 0.717) is 13.0 Å². The maximum absolute atomic E-state index is 13.3. The molecule has 3 aromatic carbocycles. The van der Waals surface area contributed by atoms with Crippen LogP contribution >= 0.6 is 0 Å². The van der Waals surface area contributed by atoms with Gasteiger partial charge in [-0.15, -0.1) is 0 Å². The lowest BCUT2D eigenvalue weighted by Crippen LogP contribution is -2.40. The van der Waals surface area contributed by atoms with Gasteiger partial charge in [0.2, 0.25) is 10.0 Å². The molecule has 0 saturated carbocycles. The second kappa shape index (κ2) is 12.1. The summed E-state index contributed by atoms with van der Waals surface area (Å²) in [6.07, 6.45) is 1.98. The topological polar surface area (TPSA) is 88.1 Å². The van der Waals surface area contributed by atoms with Crippen molar-refractivity contribution in [3.63, 3.8) is 0 Å². The van der Waals surface area contributed by atoms with Gasteiger partial charge < -0.3 is 4.74 Å². The first-order valence-electron chi connectivity index (χ1n) is 11.0. The first-order valence-corrected chi connectivity index (χ1v) is 12.5. The van der Waals surface area contributed by atoms with Crippen molar-refractivity contribution in [3.05, 3.63) is 95.6 Å². The van der Waals surface area contributed by atoms with Gasteiger partial charge in [0.1, 0.15) is 5.75 Å². The third-order valence-electron chi connectivity index (χ3n) is 5.07. The van der Waals surface area contributed by atoms with E-state index < -0.39 is 15.9 Å². The van der Waals surface area contributed by atoms with Crippen molar-refractivity contribution >= 4 is 22.1 Å². The Morgan fingerprint density at radius 1 is 1.00 bits per heavy atom. The highest BCUT2D eigenvalue weighted by atomic mass is 32.2. The van der Waals surface area contributed by atoms with Gasteiger partial charge in [0.15, 0.2) is 0 Å². The van der Waals surface area contributed by atoms with Crippen LogP contribution in [0.2, 0.25) is 0 Å². The Morgan fingerprint density at radius 3 is 2.32 bits per heavy atom. The fourth-order valence-corrected chi connectivity index (χ4v) is 4.63. The zero-order valence-corrected chi connectivity index (χ0v) is 20.2. The number of aryl methyl sites for hydroxylation is 1. The molecule has 0 heterocycles. The number of hydrogen-bond acceptors (Lipinski definition) is 5. The van der Waals surface area contributed by atoms with Gasteiger partial charge in [0.25, 0.3) is 5.91 Å². The summed E-state index contributed by atoms with van der Waals surface area (Å²) in [7, 11) is -3.86. The number of amides is 1. The normalized spacial score (nSPS) is 11.6. The van der Waals surface area contributed by atoms with Crippen LogP contribution in [0.1, 0.15) is 23.6 Å². The van der Waals surface area contributed by atoms with E-state index in [4.69, 9.17) is 4.74 Å². The van der Waals surface area contributed by atoms with Gasteiger partial charge in [-0.1, -0.05) is 48.0 Å². The summed E-state index contributed by atoms with van der Waals surface area (Å²) < 4.78 is 33.1. The highest BCUT2D eigenvalue weighted by Crippen LogP contribution is 2.17. The van der Waals surface area contributed by atoms with Gasteiger partial charge in [-0.05, 0) is 67.8 Å². The minimum absolute atomic E-state index is 0.150. The molecule has 34 heavy (non-hydrogen) atoms. The molecule has 0 atom stereocenters. The molecule has 3 rings (SSSR count). The molecule has 178 valence electrons. The number of hydrogen-bond donors (Lipinski definition) is 1. The predicted molar refractivity (Wildman–Crippen MR) is 133 cm³/mol. The zero-order chi connectivity index (χ0) is 24.4. The van der Waals surface area contributed by atoms with Crippen LogP contribution in [0.5, 0.6) is 5.75 Å². The molecule has 0 aliphatic rings. The Labute approximate surface area is 201 Å². The van der Waals surface area contributed by atoms with Gasteiger partial charge in [0, 0.05) is 6.54 Å². The van der Waals surface area contributed by atoms with Crippen LogP contribution in [0.25, 0.3) is 0 Å². The van der Waals surface area contributed by atoms with E-state index in [0.717, 1.165) is 22.4 Å². The number of nitrogens with one attached hydrogen (secondary N) is 1. The number of hydrazone groups is 1. The quantitative estimate of drug-likeness (QED) is 0.335. The summed E-state index contributed by atoms with van der Waals surface area (Å²) in [5.74, 6) is 0.227. The first-order chi connectivity index (χ1) is 16.4. The van der Waals surface area contributed by atoms with E-state index >= 15 is 0 Å². The molecule has 0 fully saturated rings. The number of carbonyl (C=O) groups excluding carboxylic acids is 1. The molecule has 7 nitrogen and oxygen atoms in total. The lowest BCUT2D eigenvalue weighted by Gasteiger charge is -2.21. The molecule has 8 heteroatoms. The van der Waals surface area contributed by atoms with E-state index in [-0.39, 0.29) is 18.0 Å². The second-order valence-corrected chi connectivity index (χ2v) is 9.62. The maximum Gasteiger partial charge on any atom is 0.255 e. The molecular formula is C26H29N3O4S. The van der Waals surface area contributed by atoms with E-state index in [9.17, 15) is 13.2 Å². The molecule has 0 unspecified atom stereocenters. The average molecular weight is 480 g/mol. The lowest BCUT2D eigenvalue weighted by atomic mass is 10.1. The molecule has 1 N–H and O–H groups in total. The standard InChI is InChI=1S/C26H29N3O4S/c1-3-33-24-13-11-23(12-14-24)19-27-28-26(30)20-29(18-17-22-7-5-4-6-8-22)34(31,32)25-15-9-21(2)10-16-25/h4-16,19H,3,17-18,20H2,1-2H3,(H,28,30)/b27-19-. The van der Waals surface area contributed by atoms with Gasteiger partial charge in [-0.2, -0.15) is 9.41 Å². The van der Waals surface area contributed by atoms with Crippen molar-refractivity contribution in [2.75, 3.05) is 19.7 Å². The van der Waals surface area contributed by atoms with Crippen molar-refractivity contribution in [3.8, 4) is 5.75 Å².